The molecule has 0 spiro atoms. The van der Waals surface area contributed by atoms with E-state index in [2.05, 4.69) is 29.4 Å². The van der Waals surface area contributed by atoms with Gasteiger partial charge in [-0.1, -0.05) is 62.2 Å². The molecule has 2 aliphatic rings. The molecule has 2 heterocycles. The number of allylic oxidation sites excluding steroid dienone is 2. The summed E-state index contributed by atoms with van der Waals surface area (Å²) in [4.78, 5) is 48.3. The number of amides is 2. The number of carbonyl (C=O) groups excluding carboxylic acids is 2. The maximum Gasteiger partial charge on any atom is 0.417 e. The van der Waals surface area contributed by atoms with Crippen LogP contribution in [-0.4, -0.2) is 51.9 Å². The molecule has 10 heteroatoms. The van der Waals surface area contributed by atoms with E-state index in [9.17, 15) is 19.2 Å². The number of anilines is 1. The number of nitrogens with two attached hydrogens (primary N) is 1. The maximum absolute atomic E-state index is 12.0. The third kappa shape index (κ3) is 10.3. The molecule has 5 rings (SSSR count). The molecule has 2 fully saturated rings. The van der Waals surface area contributed by atoms with Crippen LogP contribution in [0.15, 0.2) is 76.0 Å². The number of fused-ring (bicyclic) bond motifs is 1. The number of nitrogens with zero attached hydrogens (tertiary/aromatic N) is 1. The molecule has 41 heavy (non-hydrogen) atoms. The van der Waals surface area contributed by atoms with Crippen molar-refractivity contribution < 1.29 is 23.9 Å². The maximum atomic E-state index is 12.0. The number of aromatic amines is 1. The number of primary amides is 1. The Morgan fingerprint density at radius 3 is 2.51 bits per heavy atom. The van der Waals surface area contributed by atoms with E-state index in [0.29, 0.717) is 24.5 Å². The largest absolute Gasteiger partial charge is 0.481 e. The highest BCUT2D eigenvalue weighted by atomic mass is 16.4. The van der Waals surface area contributed by atoms with Gasteiger partial charge in [0.2, 0.25) is 11.8 Å². The van der Waals surface area contributed by atoms with Crippen LogP contribution in [0, 0.1) is 11.8 Å². The Balaban J connectivity index is 0.000000177. The number of carboxylic acids is 1. The van der Waals surface area contributed by atoms with Crippen molar-refractivity contribution in [2.75, 3.05) is 18.4 Å². The average Bonchev–Trinajstić information content (AvgIpc) is 3.38. The van der Waals surface area contributed by atoms with Gasteiger partial charge in [0.05, 0.1) is 18.0 Å². The average molecular weight is 565 g/mol. The topological polar surface area (TPSA) is 159 Å². The molecular weight excluding hydrogens is 524 g/mol. The first-order chi connectivity index (χ1) is 19.8. The molecule has 5 N–H and O–H groups in total. The summed E-state index contributed by atoms with van der Waals surface area (Å²) in [5, 5.41) is 11.7. The van der Waals surface area contributed by atoms with Crippen LogP contribution < -0.4 is 16.8 Å². The highest BCUT2D eigenvalue weighted by Crippen LogP contribution is 2.39. The second-order valence-corrected chi connectivity index (χ2v) is 10.1. The van der Waals surface area contributed by atoms with Crippen LogP contribution in [0.2, 0.25) is 0 Å². The van der Waals surface area contributed by atoms with Gasteiger partial charge in [0.15, 0.2) is 5.58 Å². The summed E-state index contributed by atoms with van der Waals surface area (Å²) in [7, 11) is 0. The number of nitrogens with one attached hydrogen (secondary N) is 2. The number of carbonyl (C=O) groups is 3. The van der Waals surface area contributed by atoms with Gasteiger partial charge >= 0.3 is 11.7 Å². The summed E-state index contributed by atoms with van der Waals surface area (Å²) in [6.07, 6.45) is 11.4. The number of H-pyrrole nitrogens is 1. The predicted octanol–water partition coefficient (Wildman–Crippen LogP) is 4.54. The van der Waals surface area contributed by atoms with E-state index < -0.39 is 23.7 Å². The molecule has 2 aromatic carbocycles. The van der Waals surface area contributed by atoms with Crippen LogP contribution in [0.25, 0.3) is 11.1 Å². The quantitative estimate of drug-likeness (QED) is 0.208. The Morgan fingerprint density at radius 1 is 1.12 bits per heavy atom. The molecule has 0 bridgehead atoms. The van der Waals surface area contributed by atoms with Crippen molar-refractivity contribution in [2.24, 2.45) is 17.6 Å². The number of aliphatic carboxylic acids is 1. The fraction of sp³-hybridized carbons (Fsp3) is 0.419. The Bertz CT molecular complexity index is 1310. The lowest BCUT2D eigenvalue weighted by Crippen LogP contribution is -2.45. The number of carboxylic acid groups (broad SMARTS) is 1. The van der Waals surface area contributed by atoms with Crippen LogP contribution in [0.5, 0.6) is 0 Å². The molecule has 1 aliphatic heterocycles. The van der Waals surface area contributed by atoms with Crippen LogP contribution >= 0.6 is 0 Å². The smallest absolute Gasteiger partial charge is 0.417 e. The van der Waals surface area contributed by atoms with E-state index in [-0.39, 0.29) is 18.4 Å². The molecule has 0 radical (unpaired) electrons. The first-order valence-corrected chi connectivity index (χ1v) is 14.1. The fourth-order valence-corrected chi connectivity index (χ4v) is 4.58. The molecule has 10 nitrogen and oxygen atoms in total. The SMILES string of the molecule is CCCCC/C=C\C1CC1C(=O)O.NC(=O)C1CCCN1C(=O)CNc1ccccc1.O=c1[nH]c2ccccc2o1. The zero-order valence-corrected chi connectivity index (χ0v) is 23.5. The minimum absolute atomic E-state index is 0.0811. The zero-order valence-electron chi connectivity index (χ0n) is 23.5. The van der Waals surface area contributed by atoms with E-state index in [1.165, 1.54) is 19.3 Å². The summed E-state index contributed by atoms with van der Waals surface area (Å²) in [6, 6.07) is 16.3. The Labute approximate surface area is 239 Å². The fourth-order valence-electron chi connectivity index (χ4n) is 4.58. The number of rotatable bonds is 10. The van der Waals surface area contributed by atoms with Gasteiger partial charge in [-0.2, -0.15) is 0 Å². The summed E-state index contributed by atoms with van der Waals surface area (Å²) in [5.41, 5.74) is 7.52. The minimum atomic E-state index is -0.636. The Morgan fingerprint density at radius 2 is 1.85 bits per heavy atom. The predicted molar refractivity (Wildman–Crippen MR) is 158 cm³/mol. The lowest BCUT2D eigenvalue weighted by Gasteiger charge is -2.22. The number of hydrogen-bond donors (Lipinski definition) is 4. The van der Waals surface area contributed by atoms with Crippen LogP contribution in [0.1, 0.15) is 51.9 Å². The van der Waals surface area contributed by atoms with Gasteiger partial charge in [-0.15, -0.1) is 0 Å². The van der Waals surface area contributed by atoms with Crippen molar-refractivity contribution in [3.63, 3.8) is 0 Å². The van der Waals surface area contributed by atoms with Gasteiger partial charge in [-0.3, -0.25) is 19.4 Å². The Kier molecular flexibility index (Phi) is 12.2. The lowest BCUT2D eigenvalue weighted by molar-refractivity contribution is -0.138. The number of likely N-dealkylation sites (tertiary alicyclic amines) is 1. The van der Waals surface area contributed by atoms with Crippen molar-refractivity contribution >= 4 is 34.6 Å². The molecule has 3 atom stereocenters. The normalized spacial score (nSPS) is 19.1. The van der Waals surface area contributed by atoms with Crippen molar-refractivity contribution in [1.29, 1.82) is 0 Å². The van der Waals surface area contributed by atoms with Crippen LogP contribution in [-0.2, 0) is 14.4 Å². The van der Waals surface area contributed by atoms with Gasteiger partial charge in [-0.25, -0.2) is 4.79 Å². The Hall–Kier alpha value is -4.34. The molecule has 2 amide bonds. The molecule has 1 saturated heterocycles. The molecule has 3 aromatic rings. The van der Waals surface area contributed by atoms with Gasteiger partial charge in [0.1, 0.15) is 6.04 Å². The van der Waals surface area contributed by atoms with Crippen molar-refractivity contribution in [3.05, 3.63) is 77.3 Å². The molecule has 1 aromatic heterocycles. The first kappa shape index (κ1) is 31.2. The molecule has 220 valence electrons. The zero-order chi connectivity index (χ0) is 29.6. The van der Waals surface area contributed by atoms with Crippen molar-refractivity contribution in [1.82, 2.24) is 9.88 Å². The van der Waals surface area contributed by atoms with E-state index in [4.69, 9.17) is 15.3 Å². The summed E-state index contributed by atoms with van der Waals surface area (Å²) in [5.74, 6) is -1.29. The number of unbranched alkanes of at least 4 members (excludes halogenated alkanes) is 3. The first-order valence-electron chi connectivity index (χ1n) is 14.1. The van der Waals surface area contributed by atoms with E-state index in [1.807, 2.05) is 42.5 Å². The van der Waals surface area contributed by atoms with Crippen molar-refractivity contribution in [3.8, 4) is 0 Å². The second-order valence-electron chi connectivity index (χ2n) is 10.1. The van der Waals surface area contributed by atoms with Gasteiger partial charge in [-0.05, 0) is 62.3 Å². The standard InChI is InChI=1S/C13H17N3O2.C11H18O2.C7H5NO2/c14-13(18)11-7-4-8-16(11)12(17)9-15-10-5-2-1-3-6-10;1-2-3-4-5-6-7-9-8-10(9)11(12)13;9-7-8-5-3-1-2-4-6(5)10-7/h1-3,5-6,11,15H,4,7-9H2,(H2,14,18);6-7,9-10H,2-5,8H2,1H3,(H,12,13);1-4H,(H,8,9)/b;7-6-;. The molecule has 1 saturated carbocycles. The number of aromatic nitrogens is 1. The number of para-hydroxylation sites is 3. The highest BCUT2D eigenvalue weighted by Gasteiger charge is 2.40. The van der Waals surface area contributed by atoms with Gasteiger partial charge < -0.3 is 25.5 Å². The summed E-state index contributed by atoms with van der Waals surface area (Å²) in [6.45, 7) is 2.99. The van der Waals surface area contributed by atoms with E-state index in [1.54, 1.807) is 17.0 Å². The summed E-state index contributed by atoms with van der Waals surface area (Å²) >= 11 is 0. The third-order valence-corrected chi connectivity index (χ3v) is 6.96. The van der Waals surface area contributed by atoms with Gasteiger partial charge in [0, 0.05) is 12.2 Å². The number of oxazole rings is 1. The summed E-state index contributed by atoms with van der Waals surface area (Å²) < 4.78 is 4.76. The molecule has 3 unspecified atom stereocenters. The molecule has 1 aliphatic carbocycles. The second kappa shape index (κ2) is 16.1. The highest BCUT2D eigenvalue weighted by molar-refractivity contribution is 5.89. The molecular formula is C31H40N4O6. The van der Waals surface area contributed by atoms with Crippen LogP contribution in [0.4, 0.5) is 5.69 Å². The van der Waals surface area contributed by atoms with Crippen LogP contribution in [0.3, 0.4) is 0 Å². The van der Waals surface area contributed by atoms with E-state index in [0.717, 1.165) is 30.5 Å². The lowest BCUT2D eigenvalue weighted by atomic mass is 10.2. The van der Waals surface area contributed by atoms with Crippen molar-refractivity contribution in [2.45, 2.75) is 57.9 Å². The van der Waals surface area contributed by atoms with E-state index >= 15 is 0 Å². The minimum Gasteiger partial charge on any atom is -0.481 e. The number of benzene rings is 2. The number of hydrogen-bond acceptors (Lipinski definition) is 6. The van der Waals surface area contributed by atoms with Gasteiger partial charge in [0.25, 0.3) is 0 Å². The third-order valence-electron chi connectivity index (χ3n) is 6.96. The monoisotopic (exact) mass is 564 g/mol.